The van der Waals surface area contributed by atoms with Crippen LogP contribution in [-0.2, 0) is 9.59 Å². The van der Waals surface area contributed by atoms with Gasteiger partial charge in [-0.15, -0.1) is 0 Å². The topological polar surface area (TPSA) is 78.4 Å². The van der Waals surface area contributed by atoms with E-state index in [0.29, 0.717) is 6.42 Å². The zero-order valence-electron chi connectivity index (χ0n) is 12.4. The highest BCUT2D eigenvalue weighted by atomic mass is 19.3. The highest BCUT2D eigenvalue weighted by molar-refractivity contribution is 6.02. The number of halogens is 2. The van der Waals surface area contributed by atoms with Gasteiger partial charge in [-0.3, -0.25) is 9.59 Å². The van der Waals surface area contributed by atoms with Crippen LogP contribution >= 0.6 is 0 Å². The minimum Gasteiger partial charge on any atom is -0.383 e. The number of carbonyl (C=O) groups is 2. The molecule has 7 heteroatoms. The number of anilines is 2. The van der Waals surface area contributed by atoms with Gasteiger partial charge in [-0.2, -0.15) is 8.78 Å². The molecule has 2 rings (SSSR count). The minimum absolute atomic E-state index is 0.0720. The van der Waals surface area contributed by atoms with Gasteiger partial charge in [-0.1, -0.05) is 6.07 Å². The van der Waals surface area contributed by atoms with Crippen molar-refractivity contribution in [3.8, 4) is 0 Å². The van der Waals surface area contributed by atoms with Crippen LogP contribution < -0.4 is 10.6 Å². The van der Waals surface area contributed by atoms with Gasteiger partial charge in [-0.25, -0.2) is 0 Å². The lowest BCUT2D eigenvalue weighted by molar-refractivity contribution is -0.212. The molecule has 0 aliphatic heterocycles. The minimum atomic E-state index is -3.89. The monoisotopic (exact) mass is 312 g/mol. The third-order valence-corrected chi connectivity index (χ3v) is 3.78. The summed E-state index contributed by atoms with van der Waals surface area (Å²) < 4.78 is 28.2. The lowest BCUT2D eigenvalue weighted by Gasteiger charge is -2.41. The van der Waals surface area contributed by atoms with E-state index in [1.807, 2.05) is 0 Å². The van der Waals surface area contributed by atoms with E-state index in [4.69, 9.17) is 0 Å². The van der Waals surface area contributed by atoms with Gasteiger partial charge >= 0.3 is 5.92 Å². The molecule has 5 nitrogen and oxygen atoms in total. The standard InChI is InChI=1S/C15H18F2N2O3/c1-9-4-5-11(18-10(2)20)12(8-9)19-13(21)15(16,17)14(22)6-3-7-14/h4-5,8,22H,3,6-7H2,1-2H3,(H,18,20)(H,19,21). The Bertz CT molecular complexity index is 613. The van der Waals surface area contributed by atoms with Gasteiger partial charge in [0.15, 0.2) is 0 Å². The Morgan fingerprint density at radius 3 is 2.36 bits per heavy atom. The maximum absolute atomic E-state index is 14.1. The highest BCUT2D eigenvalue weighted by Crippen LogP contribution is 2.44. The number of aliphatic hydroxyl groups is 1. The molecule has 0 atom stereocenters. The van der Waals surface area contributed by atoms with Crippen LogP contribution in [0.3, 0.4) is 0 Å². The Morgan fingerprint density at radius 2 is 1.86 bits per heavy atom. The molecule has 0 aromatic heterocycles. The summed E-state index contributed by atoms with van der Waals surface area (Å²) in [7, 11) is 0. The van der Waals surface area contributed by atoms with Gasteiger partial charge < -0.3 is 15.7 Å². The summed E-state index contributed by atoms with van der Waals surface area (Å²) in [5.41, 5.74) is -1.25. The molecule has 0 unspecified atom stereocenters. The Balaban J connectivity index is 2.24. The van der Waals surface area contributed by atoms with Crippen LogP contribution in [0.25, 0.3) is 0 Å². The number of nitrogens with one attached hydrogen (secondary N) is 2. The van der Waals surface area contributed by atoms with Crippen molar-refractivity contribution in [1.82, 2.24) is 0 Å². The van der Waals surface area contributed by atoms with Crippen molar-refractivity contribution >= 4 is 23.2 Å². The molecule has 0 spiro atoms. The van der Waals surface area contributed by atoms with Crippen LogP contribution in [0.5, 0.6) is 0 Å². The number of benzene rings is 1. The van der Waals surface area contributed by atoms with E-state index in [-0.39, 0.29) is 30.1 Å². The normalized spacial score (nSPS) is 16.6. The van der Waals surface area contributed by atoms with Gasteiger partial charge in [0.25, 0.3) is 5.91 Å². The van der Waals surface area contributed by atoms with Crippen LogP contribution in [0.4, 0.5) is 20.2 Å². The number of hydrogen-bond donors (Lipinski definition) is 3. The summed E-state index contributed by atoms with van der Waals surface area (Å²) in [5.74, 6) is -5.85. The first-order valence-corrected chi connectivity index (χ1v) is 6.95. The molecule has 0 radical (unpaired) electrons. The van der Waals surface area contributed by atoms with E-state index in [0.717, 1.165) is 5.56 Å². The molecule has 1 aliphatic carbocycles. The van der Waals surface area contributed by atoms with Crippen molar-refractivity contribution in [2.45, 2.75) is 44.6 Å². The SMILES string of the molecule is CC(=O)Nc1ccc(C)cc1NC(=O)C(F)(F)C1(O)CCC1. The van der Waals surface area contributed by atoms with Gasteiger partial charge in [0.05, 0.1) is 11.4 Å². The molecule has 22 heavy (non-hydrogen) atoms. The second-order valence-corrected chi connectivity index (χ2v) is 5.64. The molecule has 0 saturated heterocycles. The Morgan fingerprint density at radius 1 is 1.23 bits per heavy atom. The quantitative estimate of drug-likeness (QED) is 0.799. The summed E-state index contributed by atoms with van der Waals surface area (Å²) in [6.07, 6.45) is 0.237. The molecule has 2 amide bonds. The second kappa shape index (κ2) is 5.64. The van der Waals surface area contributed by atoms with Crippen LogP contribution in [0, 0.1) is 6.92 Å². The molecule has 0 bridgehead atoms. The first kappa shape index (κ1) is 16.4. The van der Waals surface area contributed by atoms with E-state index in [1.165, 1.54) is 19.1 Å². The summed E-state index contributed by atoms with van der Waals surface area (Å²) in [6.45, 7) is 3.00. The number of carbonyl (C=O) groups excluding carboxylic acids is 2. The number of aryl methyl sites for hydroxylation is 1. The van der Waals surface area contributed by atoms with Crippen molar-refractivity contribution < 1.29 is 23.5 Å². The van der Waals surface area contributed by atoms with Crippen LogP contribution in [0.2, 0.25) is 0 Å². The third-order valence-electron chi connectivity index (χ3n) is 3.78. The first-order valence-electron chi connectivity index (χ1n) is 6.95. The van der Waals surface area contributed by atoms with E-state index in [2.05, 4.69) is 10.6 Å². The summed E-state index contributed by atoms with van der Waals surface area (Å²) in [4.78, 5) is 23.0. The van der Waals surface area contributed by atoms with E-state index in [1.54, 1.807) is 13.0 Å². The summed E-state index contributed by atoms with van der Waals surface area (Å²) in [5, 5.41) is 14.3. The Kier molecular flexibility index (Phi) is 4.19. The smallest absolute Gasteiger partial charge is 0.352 e. The fourth-order valence-corrected chi connectivity index (χ4v) is 2.30. The van der Waals surface area contributed by atoms with E-state index in [9.17, 15) is 23.5 Å². The lowest BCUT2D eigenvalue weighted by atomic mass is 9.75. The molecule has 120 valence electrons. The van der Waals surface area contributed by atoms with Gasteiger partial charge in [0.1, 0.15) is 5.60 Å². The molecule has 1 fully saturated rings. The van der Waals surface area contributed by atoms with Gasteiger partial charge in [-0.05, 0) is 43.9 Å². The predicted octanol–water partition coefficient (Wildman–Crippen LogP) is 2.44. The number of rotatable bonds is 4. The fraction of sp³-hybridized carbons (Fsp3) is 0.467. The summed E-state index contributed by atoms with van der Waals surface area (Å²) in [6, 6.07) is 4.67. The predicted molar refractivity (Wildman–Crippen MR) is 77.9 cm³/mol. The molecule has 1 aliphatic rings. The van der Waals surface area contributed by atoms with Gasteiger partial charge in [0.2, 0.25) is 5.91 Å². The van der Waals surface area contributed by atoms with Crippen LogP contribution in [0.15, 0.2) is 18.2 Å². The Hall–Kier alpha value is -2.02. The highest BCUT2D eigenvalue weighted by Gasteiger charge is 2.61. The van der Waals surface area contributed by atoms with Crippen molar-refractivity contribution in [1.29, 1.82) is 0 Å². The maximum Gasteiger partial charge on any atom is 0.352 e. The third kappa shape index (κ3) is 2.94. The molecular formula is C15H18F2N2O3. The van der Waals surface area contributed by atoms with Crippen molar-refractivity contribution in [3.63, 3.8) is 0 Å². The molecule has 0 heterocycles. The van der Waals surface area contributed by atoms with Crippen molar-refractivity contribution in [2.24, 2.45) is 0 Å². The first-order chi connectivity index (χ1) is 10.2. The fourth-order valence-electron chi connectivity index (χ4n) is 2.30. The zero-order chi connectivity index (χ0) is 16.5. The van der Waals surface area contributed by atoms with E-state index >= 15 is 0 Å². The van der Waals surface area contributed by atoms with Crippen LogP contribution in [-0.4, -0.2) is 28.4 Å². The van der Waals surface area contributed by atoms with Crippen molar-refractivity contribution in [2.75, 3.05) is 10.6 Å². The molecule has 3 N–H and O–H groups in total. The average molecular weight is 312 g/mol. The second-order valence-electron chi connectivity index (χ2n) is 5.64. The lowest BCUT2D eigenvalue weighted by Crippen LogP contribution is -2.59. The average Bonchev–Trinajstić information content (AvgIpc) is 2.38. The van der Waals surface area contributed by atoms with Crippen molar-refractivity contribution in [3.05, 3.63) is 23.8 Å². The van der Waals surface area contributed by atoms with Gasteiger partial charge in [0, 0.05) is 6.92 Å². The Labute approximate surface area is 126 Å². The van der Waals surface area contributed by atoms with Crippen LogP contribution in [0.1, 0.15) is 31.7 Å². The number of hydrogen-bond acceptors (Lipinski definition) is 3. The summed E-state index contributed by atoms with van der Waals surface area (Å²) >= 11 is 0. The molecule has 1 saturated carbocycles. The molecule has 1 aromatic carbocycles. The zero-order valence-corrected chi connectivity index (χ0v) is 12.4. The van der Waals surface area contributed by atoms with E-state index < -0.39 is 17.4 Å². The molecule has 1 aromatic rings. The number of amides is 2. The molecular weight excluding hydrogens is 294 g/mol. The largest absolute Gasteiger partial charge is 0.383 e. The number of alkyl halides is 2. The maximum atomic E-state index is 14.1.